The fourth-order valence-corrected chi connectivity index (χ4v) is 0.343. The van der Waals surface area contributed by atoms with Crippen LogP contribution in [0.4, 0.5) is 13.2 Å². The predicted octanol–water partition coefficient (Wildman–Crippen LogP) is -0.295. The van der Waals surface area contributed by atoms with Crippen LogP contribution in [0, 0.1) is 0 Å². The third-order valence-electron chi connectivity index (χ3n) is 0.716. The Hall–Kier alpha value is -0.780. The summed E-state index contributed by atoms with van der Waals surface area (Å²) in [5.41, 5.74) is 0. The molecule has 0 unspecified atom stereocenters. The zero-order chi connectivity index (χ0) is 8.91. The summed E-state index contributed by atoms with van der Waals surface area (Å²) in [7, 11) is 0. The molecule has 0 amide bonds. The van der Waals surface area contributed by atoms with Crippen molar-refractivity contribution in [3.8, 4) is 0 Å². The van der Waals surface area contributed by atoms with Gasteiger partial charge in [-0.1, -0.05) is 0 Å². The monoisotopic (exact) mass is 171 g/mol. The van der Waals surface area contributed by atoms with E-state index in [1.54, 1.807) is 0 Å². The van der Waals surface area contributed by atoms with Gasteiger partial charge < -0.3 is 14.6 Å². The minimum absolute atomic E-state index is 0.470. The number of halogens is 3. The Morgan fingerprint density at radius 1 is 1.45 bits per heavy atom. The molecular formula is C5H6F3O3-. The Labute approximate surface area is 60.8 Å². The first kappa shape index (κ1) is 10.2. The highest BCUT2D eigenvalue weighted by molar-refractivity contribution is 5.64. The van der Waals surface area contributed by atoms with Gasteiger partial charge in [-0.15, -0.1) is 0 Å². The van der Waals surface area contributed by atoms with Crippen LogP contribution in [0.1, 0.15) is 6.42 Å². The van der Waals surface area contributed by atoms with E-state index in [0.717, 1.165) is 0 Å². The molecule has 0 saturated carbocycles. The van der Waals surface area contributed by atoms with Crippen molar-refractivity contribution in [3.05, 3.63) is 0 Å². The minimum Gasteiger partial charge on any atom is -0.550 e. The summed E-state index contributed by atoms with van der Waals surface area (Å²) < 4.78 is 37.8. The van der Waals surface area contributed by atoms with E-state index >= 15 is 0 Å². The summed E-state index contributed by atoms with van der Waals surface area (Å²) in [6.07, 6.45) is -4.91. The third kappa shape index (κ3) is 9.22. The van der Waals surface area contributed by atoms with E-state index in [1.165, 1.54) is 0 Å². The molecule has 0 heterocycles. The lowest BCUT2D eigenvalue weighted by molar-refractivity contribution is -0.306. The van der Waals surface area contributed by atoms with Gasteiger partial charge >= 0.3 is 6.18 Å². The van der Waals surface area contributed by atoms with Crippen LogP contribution in [0.5, 0.6) is 0 Å². The summed E-state index contributed by atoms with van der Waals surface area (Å²) >= 11 is 0. The van der Waals surface area contributed by atoms with Crippen molar-refractivity contribution in [3.63, 3.8) is 0 Å². The van der Waals surface area contributed by atoms with Crippen molar-refractivity contribution >= 4 is 5.97 Å². The highest BCUT2D eigenvalue weighted by atomic mass is 19.4. The minimum atomic E-state index is -4.40. The summed E-state index contributed by atoms with van der Waals surface area (Å²) in [4.78, 5) is 9.65. The van der Waals surface area contributed by atoms with E-state index in [-0.39, 0.29) is 0 Å². The van der Waals surface area contributed by atoms with E-state index in [1.807, 2.05) is 0 Å². The lowest BCUT2D eigenvalue weighted by atomic mass is 10.5. The van der Waals surface area contributed by atoms with E-state index in [2.05, 4.69) is 4.74 Å². The van der Waals surface area contributed by atoms with Gasteiger partial charge in [0.15, 0.2) is 0 Å². The van der Waals surface area contributed by atoms with Gasteiger partial charge in [0.1, 0.15) is 6.61 Å². The van der Waals surface area contributed by atoms with Gasteiger partial charge in [-0.05, 0) is 0 Å². The van der Waals surface area contributed by atoms with Crippen LogP contribution in [0.3, 0.4) is 0 Å². The van der Waals surface area contributed by atoms with Crippen molar-refractivity contribution in [2.24, 2.45) is 0 Å². The van der Waals surface area contributed by atoms with Crippen LogP contribution >= 0.6 is 0 Å². The number of aliphatic carboxylic acids is 1. The number of alkyl halides is 3. The van der Waals surface area contributed by atoms with Crippen molar-refractivity contribution < 1.29 is 27.8 Å². The number of carboxylic acid groups (broad SMARTS) is 1. The number of rotatable bonds is 4. The van der Waals surface area contributed by atoms with E-state index in [9.17, 15) is 23.1 Å². The zero-order valence-corrected chi connectivity index (χ0v) is 5.48. The smallest absolute Gasteiger partial charge is 0.411 e. The normalized spacial score (nSPS) is 11.5. The molecule has 3 nitrogen and oxygen atoms in total. The molecule has 0 N–H and O–H groups in total. The molecule has 0 aromatic carbocycles. The van der Waals surface area contributed by atoms with Crippen LogP contribution in [0.2, 0.25) is 0 Å². The van der Waals surface area contributed by atoms with E-state index in [4.69, 9.17) is 0 Å². The molecule has 0 saturated heterocycles. The second-order valence-electron chi connectivity index (χ2n) is 1.79. The Balaban J connectivity index is 3.22. The fraction of sp³-hybridized carbons (Fsp3) is 0.800. The first-order valence-electron chi connectivity index (χ1n) is 2.76. The van der Waals surface area contributed by atoms with Gasteiger partial charge in [-0.25, -0.2) is 0 Å². The second-order valence-corrected chi connectivity index (χ2v) is 1.79. The second kappa shape index (κ2) is 4.17. The number of ether oxygens (including phenoxy) is 1. The maximum Gasteiger partial charge on any atom is 0.411 e. The van der Waals surface area contributed by atoms with Crippen LogP contribution in [0.25, 0.3) is 0 Å². The topological polar surface area (TPSA) is 49.4 Å². The van der Waals surface area contributed by atoms with Crippen molar-refractivity contribution in [1.29, 1.82) is 0 Å². The van der Waals surface area contributed by atoms with Crippen LogP contribution in [-0.4, -0.2) is 25.4 Å². The lowest BCUT2D eigenvalue weighted by Gasteiger charge is -2.07. The maximum absolute atomic E-state index is 11.3. The Morgan fingerprint density at radius 2 is 2.00 bits per heavy atom. The van der Waals surface area contributed by atoms with Crippen molar-refractivity contribution in [2.75, 3.05) is 13.2 Å². The molecular weight excluding hydrogens is 165 g/mol. The SMILES string of the molecule is O=C([O-])CCOCC(F)(F)F. The molecule has 0 aliphatic carbocycles. The molecule has 0 atom stereocenters. The quantitative estimate of drug-likeness (QED) is 0.546. The van der Waals surface area contributed by atoms with Crippen LogP contribution in [0.15, 0.2) is 0 Å². The van der Waals surface area contributed by atoms with E-state index in [0.29, 0.717) is 0 Å². The van der Waals surface area contributed by atoms with Crippen molar-refractivity contribution in [2.45, 2.75) is 12.6 Å². The van der Waals surface area contributed by atoms with Gasteiger partial charge in [0.05, 0.1) is 6.61 Å². The molecule has 0 fully saturated rings. The molecule has 0 spiro atoms. The molecule has 0 radical (unpaired) electrons. The summed E-state index contributed by atoms with van der Waals surface area (Å²) in [5, 5.41) is 9.65. The number of hydrogen-bond acceptors (Lipinski definition) is 3. The van der Waals surface area contributed by atoms with Gasteiger partial charge in [-0.2, -0.15) is 13.2 Å². The highest BCUT2D eigenvalue weighted by Crippen LogP contribution is 2.14. The molecule has 6 heteroatoms. The average Bonchev–Trinajstić information content (AvgIpc) is 1.78. The summed E-state index contributed by atoms with van der Waals surface area (Å²) in [6.45, 7) is -1.89. The van der Waals surface area contributed by atoms with Crippen molar-refractivity contribution in [1.82, 2.24) is 0 Å². The standard InChI is InChI=1S/C5H7F3O3/c6-5(7,8)3-11-2-1-4(9)10/h1-3H2,(H,9,10)/p-1. The number of carboxylic acids is 1. The predicted molar refractivity (Wildman–Crippen MR) is 26.5 cm³/mol. The highest BCUT2D eigenvalue weighted by Gasteiger charge is 2.27. The zero-order valence-electron chi connectivity index (χ0n) is 5.48. The first-order chi connectivity index (χ1) is 4.92. The number of hydrogen-bond donors (Lipinski definition) is 0. The molecule has 11 heavy (non-hydrogen) atoms. The Morgan fingerprint density at radius 3 is 2.36 bits per heavy atom. The van der Waals surface area contributed by atoms with Gasteiger partial charge in [-0.3, -0.25) is 0 Å². The third-order valence-corrected chi connectivity index (χ3v) is 0.716. The summed E-state index contributed by atoms with van der Waals surface area (Å²) in [5.74, 6) is -1.42. The molecule has 0 rings (SSSR count). The van der Waals surface area contributed by atoms with E-state index < -0.39 is 31.8 Å². The van der Waals surface area contributed by atoms with Crippen LogP contribution < -0.4 is 5.11 Å². The number of carbonyl (C=O) groups is 1. The van der Waals surface area contributed by atoms with Gasteiger partial charge in [0, 0.05) is 12.4 Å². The largest absolute Gasteiger partial charge is 0.550 e. The summed E-state index contributed by atoms with van der Waals surface area (Å²) in [6, 6.07) is 0. The van der Waals surface area contributed by atoms with Gasteiger partial charge in [0.2, 0.25) is 0 Å². The molecule has 0 aliphatic rings. The first-order valence-corrected chi connectivity index (χ1v) is 2.76. The van der Waals surface area contributed by atoms with Gasteiger partial charge in [0.25, 0.3) is 0 Å². The lowest BCUT2D eigenvalue weighted by Crippen LogP contribution is -2.25. The molecule has 0 aliphatic heterocycles. The Bertz CT molecular complexity index is 131. The molecule has 66 valence electrons. The fourth-order valence-electron chi connectivity index (χ4n) is 0.343. The molecule has 0 aromatic rings. The molecule has 0 bridgehead atoms. The number of carbonyl (C=O) groups excluding carboxylic acids is 1. The van der Waals surface area contributed by atoms with Crippen LogP contribution in [-0.2, 0) is 9.53 Å². The Kier molecular flexibility index (Phi) is 3.88. The molecule has 0 aromatic heterocycles. The average molecular weight is 171 g/mol. The maximum atomic E-state index is 11.3.